The molecule has 3 heterocycles. The van der Waals surface area contributed by atoms with Gasteiger partial charge in [-0.05, 0) is 49.2 Å². The number of hydrogen-bond acceptors (Lipinski definition) is 5. The summed E-state index contributed by atoms with van der Waals surface area (Å²) in [6, 6.07) is 19.9. The third kappa shape index (κ3) is 2.45. The Labute approximate surface area is 165 Å². The van der Waals surface area contributed by atoms with Crippen LogP contribution in [0, 0.1) is 0 Å². The Hall–Kier alpha value is -3.12. The lowest BCUT2D eigenvalue weighted by molar-refractivity contribution is 0.0646. The van der Waals surface area contributed by atoms with Gasteiger partial charge in [-0.2, -0.15) is 0 Å². The zero-order valence-electron chi connectivity index (χ0n) is 15.0. The van der Waals surface area contributed by atoms with Crippen LogP contribution in [0.25, 0.3) is 21.0 Å². The fraction of sp³-hybridized carbons (Fsp3) is 0.182. The standard InChI is InChI=1S/C22H17N3O2S/c26-22-14-5-1-2-6-15(14)23-20(25(22)13-9-10-13)17-11-12-18(27-17)21-24-16-7-3-4-8-19(16)28-21/h1-8,11-13,20,23H,9-10H2/t20-/m0/s1. The predicted octanol–water partition coefficient (Wildman–Crippen LogP) is 5.29. The number of carbonyl (C=O) groups is 1. The van der Waals surface area contributed by atoms with Crippen molar-refractivity contribution in [2.75, 3.05) is 5.32 Å². The summed E-state index contributed by atoms with van der Waals surface area (Å²) in [6.45, 7) is 0. The minimum Gasteiger partial charge on any atom is -0.454 e. The number of hydrogen-bond donors (Lipinski definition) is 1. The molecule has 1 aliphatic carbocycles. The molecule has 0 bridgehead atoms. The summed E-state index contributed by atoms with van der Waals surface area (Å²) in [6.07, 6.45) is 1.78. The van der Waals surface area contributed by atoms with Crippen LogP contribution in [-0.4, -0.2) is 21.8 Å². The van der Waals surface area contributed by atoms with E-state index in [4.69, 9.17) is 4.42 Å². The van der Waals surface area contributed by atoms with Crippen LogP contribution in [0.3, 0.4) is 0 Å². The second kappa shape index (κ2) is 5.94. The summed E-state index contributed by atoms with van der Waals surface area (Å²) >= 11 is 1.61. The van der Waals surface area contributed by atoms with Crippen LogP contribution in [0.4, 0.5) is 5.69 Å². The molecule has 1 fully saturated rings. The first kappa shape index (κ1) is 15.9. The molecule has 1 amide bonds. The Morgan fingerprint density at radius 2 is 1.86 bits per heavy atom. The Morgan fingerprint density at radius 1 is 1.04 bits per heavy atom. The average molecular weight is 387 g/mol. The number of nitrogens with one attached hydrogen (secondary N) is 1. The van der Waals surface area contributed by atoms with Crippen LogP contribution in [0.5, 0.6) is 0 Å². The van der Waals surface area contributed by atoms with Crippen molar-refractivity contribution in [2.45, 2.75) is 25.0 Å². The largest absolute Gasteiger partial charge is 0.454 e. The Balaban J connectivity index is 1.40. The van der Waals surface area contributed by atoms with Crippen molar-refractivity contribution in [3.8, 4) is 10.8 Å². The quantitative estimate of drug-likeness (QED) is 0.519. The van der Waals surface area contributed by atoms with Crippen LogP contribution in [0.15, 0.2) is 65.1 Å². The molecule has 1 aliphatic heterocycles. The van der Waals surface area contributed by atoms with E-state index >= 15 is 0 Å². The van der Waals surface area contributed by atoms with Crippen LogP contribution in [-0.2, 0) is 0 Å². The van der Waals surface area contributed by atoms with Gasteiger partial charge in [-0.15, -0.1) is 11.3 Å². The van der Waals surface area contributed by atoms with Gasteiger partial charge in [-0.25, -0.2) is 4.98 Å². The normalized spacial score (nSPS) is 18.9. The number of rotatable bonds is 3. The molecule has 2 aliphatic rings. The smallest absolute Gasteiger partial charge is 0.258 e. The monoisotopic (exact) mass is 387 g/mol. The number of thiazole rings is 1. The van der Waals surface area contributed by atoms with Gasteiger partial charge in [0.05, 0.1) is 15.8 Å². The summed E-state index contributed by atoms with van der Waals surface area (Å²) in [5, 5.41) is 4.36. The maximum Gasteiger partial charge on any atom is 0.258 e. The second-order valence-corrected chi connectivity index (χ2v) is 8.26. The number of fused-ring (bicyclic) bond motifs is 2. The number of benzene rings is 2. The average Bonchev–Trinajstić information content (AvgIpc) is 3.27. The van der Waals surface area contributed by atoms with Crippen molar-refractivity contribution >= 4 is 33.1 Å². The minimum absolute atomic E-state index is 0.0692. The number of carbonyl (C=O) groups excluding carboxylic acids is 1. The molecular formula is C22H17N3O2S. The van der Waals surface area contributed by atoms with Gasteiger partial charge in [-0.1, -0.05) is 24.3 Å². The van der Waals surface area contributed by atoms with E-state index in [1.54, 1.807) is 11.3 Å². The molecule has 6 rings (SSSR count). The highest BCUT2D eigenvalue weighted by atomic mass is 32.1. The van der Waals surface area contributed by atoms with Crippen LogP contribution in [0.1, 0.15) is 35.1 Å². The van der Waals surface area contributed by atoms with Gasteiger partial charge in [0.15, 0.2) is 16.9 Å². The van der Waals surface area contributed by atoms with Gasteiger partial charge >= 0.3 is 0 Å². The summed E-state index contributed by atoms with van der Waals surface area (Å²) in [7, 11) is 0. The number of anilines is 1. The van der Waals surface area contributed by atoms with Gasteiger partial charge < -0.3 is 14.6 Å². The van der Waals surface area contributed by atoms with Gasteiger partial charge in [0.2, 0.25) is 0 Å². The number of amides is 1. The van der Waals surface area contributed by atoms with Crippen molar-refractivity contribution in [3.63, 3.8) is 0 Å². The van der Waals surface area contributed by atoms with E-state index in [0.717, 1.165) is 50.8 Å². The maximum atomic E-state index is 13.1. The maximum absolute atomic E-state index is 13.1. The molecular weight excluding hydrogens is 370 g/mol. The molecule has 2 aromatic carbocycles. The third-order valence-electron chi connectivity index (χ3n) is 5.30. The molecule has 0 spiro atoms. The number of nitrogens with zero attached hydrogens (tertiary/aromatic N) is 2. The number of para-hydroxylation sites is 2. The van der Waals surface area contributed by atoms with Crippen molar-refractivity contribution in [3.05, 3.63) is 72.0 Å². The number of furan rings is 1. The Morgan fingerprint density at radius 3 is 2.71 bits per heavy atom. The van der Waals surface area contributed by atoms with E-state index in [1.807, 2.05) is 59.5 Å². The molecule has 1 atom stereocenters. The summed E-state index contributed by atoms with van der Waals surface area (Å²) in [4.78, 5) is 19.7. The lowest BCUT2D eigenvalue weighted by atomic mass is 10.1. The molecule has 0 saturated heterocycles. The molecule has 0 radical (unpaired) electrons. The van der Waals surface area contributed by atoms with E-state index in [9.17, 15) is 4.79 Å². The zero-order chi connectivity index (χ0) is 18.7. The van der Waals surface area contributed by atoms with Crippen molar-refractivity contribution in [1.29, 1.82) is 0 Å². The van der Waals surface area contributed by atoms with Gasteiger partial charge in [-0.3, -0.25) is 4.79 Å². The fourth-order valence-corrected chi connectivity index (χ4v) is 4.73. The highest BCUT2D eigenvalue weighted by Gasteiger charge is 2.43. The van der Waals surface area contributed by atoms with E-state index in [0.29, 0.717) is 0 Å². The predicted molar refractivity (Wildman–Crippen MR) is 109 cm³/mol. The fourth-order valence-electron chi connectivity index (χ4n) is 3.80. The summed E-state index contributed by atoms with van der Waals surface area (Å²) in [5.74, 6) is 1.55. The van der Waals surface area contributed by atoms with Crippen LogP contribution in [0.2, 0.25) is 0 Å². The third-order valence-corrected chi connectivity index (χ3v) is 6.35. The molecule has 6 heteroatoms. The van der Waals surface area contributed by atoms with Crippen molar-refractivity contribution in [2.24, 2.45) is 0 Å². The number of aromatic nitrogens is 1. The molecule has 28 heavy (non-hydrogen) atoms. The molecule has 1 N–H and O–H groups in total. The van der Waals surface area contributed by atoms with Crippen molar-refractivity contribution < 1.29 is 9.21 Å². The molecule has 4 aromatic rings. The minimum atomic E-state index is -0.293. The molecule has 1 saturated carbocycles. The van der Waals surface area contributed by atoms with E-state index in [2.05, 4.69) is 16.4 Å². The Kier molecular flexibility index (Phi) is 3.37. The lowest BCUT2D eigenvalue weighted by Gasteiger charge is -2.36. The first-order valence-electron chi connectivity index (χ1n) is 9.42. The van der Waals surface area contributed by atoms with E-state index in [-0.39, 0.29) is 18.1 Å². The molecule has 0 unspecified atom stereocenters. The summed E-state index contributed by atoms with van der Waals surface area (Å²) in [5.41, 5.74) is 2.55. The van der Waals surface area contributed by atoms with E-state index < -0.39 is 0 Å². The van der Waals surface area contributed by atoms with E-state index in [1.165, 1.54) is 0 Å². The van der Waals surface area contributed by atoms with Crippen molar-refractivity contribution in [1.82, 2.24) is 9.88 Å². The van der Waals surface area contributed by atoms with Gasteiger partial charge in [0.25, 0.3) is 5.91 Å². The lowest BCUT2D eigenvalue weighted by Crippen LogP contribution is -2.44. The zero-order valence-corrected chi connectivity index (χ0v) is 15.8. The SMILES string of the molecule is O=C1c2ccccc2N[C@H](c2ccc(-c3nc4ccccc4s3)o2)N1C1CC1. The highest BCUT2D eigenvalue weighted by molar-refractivity contribution is 7.21. The topological polar surface area (TPSA) is 58.4 Å². The second-order valence-electron chi connectivity index (χ2n) is 7.22. The highest BCUT2D eigenvalue weighted by Crippen LogP contribution is 2.42. The van der Waals surface area contributed by atoms with Crippen LogP contribution < -0.4 is 5.32 Å². The summed E-state index contributed by atoms with van der Waals surface area (Å²) < 4.78 is 7.34. The first-order chi connectivity index (χ1) is 13.8. The first-order valence-corrected chi connectivity index (χ1v) is 10.2. The molecule has 2 aromatic heterocycles. The Bertz CT molecular complexity index is 1170. The van der Waals surface area contributed by atoms with Gasteiger partial charge in [0.1, 0.15) is 5.76 Å². The molecule has 5 nitrogen and oxygen atoms in total. The van der Waals surface area contributed by atoms with Crippen LogP contribution >= 0.6 is 11.3 Å². The molecule has 138 valence electrons. The van der Waals surface area contributed by atoms with Gasteiger partial charge in [0, 0.05) is 11.7 Å².